The first kappa shape index (κ1) is 12.5. The molecule has 20 heavy (non-hydrogen) atoms. The zero-order chi connectivity index (χ0) is 14.1. The molecule has 0 unspecified atom stereocenters. The molecule has 0 N–H and O–H groups in total. The van der Waals surface area contributed by atoms with Crippen molar-refractivity contribution in [2.45, 2.75) is 13.8 Å². The first-order valence-corrected chi connectivity index (χ1v) is 6.62. The molecule has 2 aromatic carbocycles. The molecule has 0 aliphatic heterocycles. The highest BCUT2D eigenvalue weighted by atomic mass is 16.1. The lowest BCUT2D eigenvalue weighted by Gasteiger charge is -2.05. The van der Waals surface area contributed by atoms with Crippen molar-refractivity contribution < 1.29 is 4.79 Å². The van der Waals surface area contributed by atoms with Crippen molar-refractivity contribution in [1.29, 1.82) is 0 Å². The lowest BCUT2D eigenvalue weighted by Crippen LogP contribution is -2.04. The monoisotopic (exact) mass is 261 g/mol. The second-order valence-corrected chi connectivity index (χ2v) is 5.09. The van der Waals surface area contributed by atoms with E-state index in [4.69, 9.17) is 0 Å². The van der Waals surface area contributed by atoms with E-state index in [1.54, 1.807) is 6.07 Å². The molecule has 2 nitrogen and oxygen atoms in total. The molecule has 3 rings (SSSR count). The van der Waals surface area contributed by atoms with Crippen molar-refractivity contribution in [3.8, 4) is 0 Å². The van der Waals surface area contributed by atoms with Gasteiger partial charge in [-0.25, -0.2) is 4.98 Å². The standard InChI is InChI=1S/C18H15NO/c1-12-9-13(2)11-15(10-12)18(20)17-8-7-14-5-3-4-6-16(14)19-17/h3-11H,1-2H3. The van der Waals surface area contributed by atoms with Crippen LogP contribution in [0.4, 0.5) is 0 Å². The number of carbonyl (C=O) groups is 1. The Balaban J connectivity index is 2.07. The first-order chi connectivity index (χ1) is 9.63. The molecule has 0 atom stereocenters. The summed E-state index contributed by atoms with van der Waals surface area (Å²) in [5.41, 5.74) is 4.23. The molecule has 0 saturated carbocycles. The van der Waals surface area contributed by atoms with E-state index in [0.717, 1.165) is 22.0 Å². The van der Waals surface area contributed by atoms with Gasteiger partial charge in [0.15, 0.2) is 0 Å². The van der Waals surface area contributed by atoms with Gasteiger partial charge >= 0.3 is 0 Å². The molecule has 0 bridgehead atoms. The van der Waals surface area contributed by atoms with E-state index in [1.807, 2.05) is 56.3 Å². The van der Waals surface area contributed by atoms with Gasteiger partial charge in [0, 0.05) is 10.9 Å². The van der Waals surface area contributed by atoms with Crippen LogP contribution in [0, 0.1) is 13.8 Å². The van der Waals surface area contributed by atoms with Crippen LogP contribution < -0.4 is 0 Å². The third-order valence-corrected chi connectivity index (χ3v) is 3.31. The van der Waals surface area contributed by atoms with E-state index in [1.165, 1.54) is 0 Å². The number of benzene rings is 2. The van der Waals surface area contributed by atoms with Gasteiger partial charge in [0.05, 0.1) is 5.52 Å². The molecule has 2 heteroatoms. The van der Waals surface area contributed by atoms with Crippen LogP contribution in [0.2, 0.25) is 0 Å². The lowest BCUT2D eigenvalue weighted by atomic mass is 10.0. The molecular formula is C18H15NO. The SMILES string of the molecule is Cc1cc(C)cc(C(=O)c2ccc3ccccc3n2)c1. The summed E-state index contributed by atoms with van der Waals surface area (Å²) in [4.78, 5) is 17.0. The Labute approximate surface area is 118 Å². The Hall–Kier alpha value is -2.48. The van der Waals surface area contributed by atoms with E-state index in [-0.39, 0.29) is 5.78 Å². The summed E-state index contributed by atoms with van der Waals surface area (Å²) in [6.45, 7) is 4.00. The van der Waals surface area contributed by atoms with Crippen LogP contribution >= 0.6 is 0 Å². The van der Waals surface area contributed by atoms with Crippen molar-refractivity contribution in [3.63, 3.8) is 0 Å². The number of para-hydroxylation sites is 1. The average molecular weight is 261 g/mol. The van der Waals surface area contributed by atoms with Gasteiger partial charge < -0.3 is 0 Å². The Morgan fingerprint density at radius 1 is 0.900 bits per heavy atom. The molecule has 3 aromatic rings. The van der Waals surface area contributed by atoms with Crippen LogP contribution in [0.5, 0.6) is 0 Å². The second kappa shape index (κ2) is 4.89. The largest absolute Gasteiger partial charge is 0.287 e. The van der Waals surface area contributed by atoms with Crippen molar-refractivity contribution in [3.05, 3.63) is 77.0 Å². The Bertz CT molecular complexity index is 785. The van der Waals surface area contributed by atoms with Gasteiger partial charge in [0.1, 0.15) is 5.69 Å². The van der Waals surface area contributed by atoms with Crippen molar-refractivity contribution in [1.82, 2.24) is 4.98 Å². The number of fused-ring (bicyclic) bond motifs is 1. The normalized spacial score (nSPS) is 10.7. The Kier molecular flexibility index (Phi) is 3.07. The molecule has 0 aliphatic carbocycles. The fourth-order valence-electron chi connectivity index (χ4n) is 2.45. The van der Waals surface area contributed by atoms with Crippen molar-refractivity contribution in [2.75, 3.05) is 0 Å². The van der Waals surface area contributed by atoms with E-state index in [0.29, 0.717) is 11.3 Å². The summed E-state index contributed by atoms with van der Waals surface area (Å²) < 4.78 is 0. The van der Waals surface area contributed by atoms with Crippen molar-refractivity contribution >= 4 is 16.7 Å². The van der Waals surface area contributed by atoms with Crippen LogP contribution in [0.15, 0.2) is 54.6 Å². The van der Waals surface area contributed by atoms with Gasteiger partial charge in [0.25, 0.3) is 0 Å². The summed E-state index contributed by atoms with van der Waals surface area (Å²) in [5, 5.41) is 1.05. The van der Waals surface area contributed by atoms with Gasteiger partial charge in [-0.1, -0.05) is 41.5 Å². The van der Waals surface area contributed by atoms with E-state index >= 15 is 0 Å². The predicted octanol–water partition coefficient (Wildman–Crippen LogP) is 4.08. The molecule has 0 amide bonds. The highest BCUT2D eigenvalue weighted by molar-refractivity contribution is 6.08. The number of hydrogen-bond acceptors (Lipinski definition) is 2. The van der Waals surface area contributed by atoms with E-state index in [9.17, 15) is 4.79 Å². The maximum Gasteiger partial charge on any atom is 0.211 e. The fraction of sp³-hybridized carbons (Fsp3) is 0.111. The highest BCUT2D eigenvalue weighted by Crippen LogP contribution is 2.16. The van der Waals surface area contributed by atoms with Crippen LogP contribution in [0.3, 0.4) is 0 Å². The van der Waals surface area contributed by atoms with Gasteiger partial charge in [-0.3, -0.25) is 4.79 Å². The summed E-state index contributed by atoms with van der Waals surface area (Å²) in [6, 6.07) is 17.4. The third kappa shape index (κ3) is 2.32. The Morgan fingerprint density at radius 2 is 1.60 bits per heavy atom. The zero-order valence-electron chi connectivity index (χ0n) is 11.6. The molecule has 1 heterocycles. The maximum atomic E-state index is 12.5. The predicted molar refractivity (Wildman–Crippen MR) is 81.1 cm³/mol. The number of nitrogens with zero attached hydrogens (tertiary/aromatic N) is 1. The lowest BCUT2D eigenvalue weighted by molar-refractivity contribution is 0.103. The summed E-state index contributed by atoms with van der Waals surface area (Å²) >= 11 is 0. The smallest absolute Gasteiger partial charge is 0.211 e. The molecule has 0 spiro atoms. The van der Waals surface area contributed by atoms with Crippen LogP contribution in [-0.4, -0.2) is 10.8 Å². The summed E-state index contributed by atoms with van der Waals surface area (Å²) in [5.74, 6) is -0.0254. The first-order valence-electron chi connectivity index (χ1n) is 6.62. The molecular weight excluding hydrogens is 246 g/mol. The maximum absolute atomic E-state index is 12.5. The minimum absolute atomic E-state index is 0.0254. The third-order valence-electron chi connectivity index (χ3n) is 3.31. The molecule has 0 saturated heterocycles. The molecule has 0 aliphatic rings. The van der Waals surface area contributed by atoms with E-state index in [2.05, 4.69) is 11.1 Å². The zero-order valence-corrected chi connectivity index (χ0v) is 11.6. The second-order valence-electron chi connectivity index (χ2n) is 5.09. The van der Waals surface area contributed by atoms with Gasteiger partial charge in [-0.2, -0.15) is 0 Å². The summed E-state index contributed by atoms with van der Waals surface area (Å²) in [6.07, 6.45) is 0. The quantitative estimate of drug-likeness (QED) is 0.650. The topological polar surface area (TPSA) is 30.0 Å². The molecule has 0 fully saturated rings. The van der Waals surface area contributed by atoms with Gasteiger partial charge in [-0.15, -0.1) is 0 Å². The Morgan fingerprint density at radius 3 is 2.35 bits per heavy atom. The number of hydrogen-bond donors (Lipinski definition) is 0. The minimum Gasteiger partial charge on any atom is -0.287 e. The number of pyridine rings is 1. The average Bonchev–Trinajstić information content (AvgIpc) is 2.45. The highest BCUT2D eigenvalue weighted by Gasteiger charge is 2.11. The van der Waals surface area contributed by atoms with Crippen molar-refractivity contribution in [2.24, 2.45) is 0 Å². The number of aryl methyl sites for hydroxylation is 2. The molecule has 98 valence electrons. The summed E-state index contributed by atoms with van der Waals surface area (Å²) in [7, 11) is 0. The van der Waals surface area contributed by atoms with Gasteiger partial charge in [0.2, 0.25) is 5.78 Å². The van der Waals surface area contributed by atoms with E-state index < -0.39 is 0 Å². The van der Waals surface area contributed by atoms with Gasteiger partial charge in [-0.05, 0) is 38.1 Å². The molecule has 0 radical (unpaired) electrons. The number of aromatic nitrogens is 1. The van der Waals surface area contributed by atoms with Crippen LogP contribution in [-0.2, 0) is 0 Å². The van der Waals surface area contributed by atoms with Crippen LogP contribution in [0.25, 0.3) is 10.9 Å². The number of carbonyl (C=O) groups excluding carboxylic acids is 1. The number of ketones is 1. The molecule has 1 aromatic heterocycles. The van der Waals surface area contributed by atoms with Crippen LogP contribution in [0.1, 0.15) is 27.2 Å². The number of rotatable bonds is 2. The fourth-order valence-corrected chi connectivity index (χ4v) is 2.45. The minimum atomic E-state index is -0.0254.